The maximum atomic E-state index is 11.5. The molecule has 2 rings (SSSR count). The zero-order valence-corrected chi connectivity index (χ0v) is 13.8. The molecule has 2 aromatic carbocycles. The van der Waals surface area contributed by atoms with Gasteiger partial charge >= 0.3 is 5.97 Å². The van der Waals surface area contributed by atoms with Crippen LogP contribution < -0.4 is 0 Å². The Kier molecular flexibility index (Phi) is 6.44. The number of methoxy groups -OCH3 is 1. The van der Waals surface area contributed by atoms with Crippen molar-refractivity contribution in [1.29, 1.82) is 0 Å². The molecule has 0 unspecified atom stereocenters. The van der Waals surface area contributed by atoms with Crippen molar-refractivity contribution in [2.75, 3.05) is 7.11 Å². The van der Waals surface area contributed by atoms with Crippen LogP contribution in [-0.2, 0) is 11.2 Å². The summed E-state index contributed by atoms with van der Waals surface area (Å²) in [6.45, 7) is 1.96. The van der Waals surface area contributed by atoms with Gasteiger partial charge in [-0.05, 0) is 55.5 Å². The second kappa shape index (κ2) is 8.80. The van der Waals surface area contributed by atoms with Crippen molar-refractivity contribution >= 4 is 5.97 Å². The van der Waals surface area contributed by atoms with Crippen LogP contribution in [0.2, 0.25) is 0 Å². The number of esters is 1. The molecule has 0 saturated carbocycles. The van der Waals surface area contributed by atoms with E-state index >= 15 is 0 Å². The lowest BCUT2D eigenvalue weighted by molar-refractivity contribution is 0.0600. The molecule has 0 aliphatic heterocycles. The SMILES string of the molecule is COC(=O)c1ccc(C#CCCCCc2ccccc2)c(C)c1. The molecule has 0 saturated heterocycles. The first-order chi connectivity index (χ1) is 11.2. The average molecular weight is 306 g/mol. The summed E-state index contributed by atoms with van der Waals surface area (Å²) in [4.78, 5) is 11.5. The minimum absolute atomic E-state index is 0.312. The molecule has 0 N–H and O–H groups in total. The molecule has 0 radical (unpaired) electrons. The Bertz CT molecular complexity index is 706. The van der Waals surface area contributed by atoms with E-state index in [0.29, 0.717) is 5.56 Å². The van der Waals surface area contributed by atoms with E-state index in [-0.39, 0.29) is 5.97 Å². The number of aryl methyl sites for hydroxylation is 2. The van der Waals surface area contributed by atoms with Gasteiger partial charge < -0.3 is 4.74 Å². The Morgan fingerprint density at radius 1 is 1.09 bits per heavy atom. The number of ether oxygens (including phenoxy) is 1. The number of benzene rings is 2. The van der Waals surface area contributed by atoms with E-state index in [1.54, 1.807) is 6.07 Å². The van der Waals surface area contributed by atoms with Crippen molar-refractivity contribution < 1.29 is 9.53 Å². The molecule has 0 spiro atoms. The molecule has 2 heteroatoms. The maximum Gasteiger partial charge on any atom is 0.337 e. The van der Waals surface area contributed by atoms with Gasteiger partial charge in [0.15, 0.2) is 0 Å². The van der Waals surface area contributed by atoms with Crippen LogP contribution in [0.1, 0.15) is 46.3 Å². The predicted octanol–water partition coefficient (Wildman–Crippen LogP) is 4.55. The third-order valence-corrected chi connectivity index (χ3v) is 3.73. The first-order valence-electron chi connectivity index (χ1n) is 7.92. The van der Waals surface area contributed by atoms with Crippen LogP contribution in [-0.4, -0.2) is 13.1 Å². The van der Waals surface area contributed by atoms with E-state index in [4.69, 9.17) is 4.74 Å². The zero-order chi connectivity index (χ0) is 16.5. The van der Waals surface area contributed by atoms with Crippen molar-refractivity contribution in [2.45, 2.75) is 32.6 Å². The summed E-state index contributed by atoms with van der Waals surface area (Å²) < 4.78 is 4.72. The summed E-state index contributed by atoms with van der Waals surface area (Å²) >= 11 is 0. The number of unbranched alkanes of at least 4 members (excludes halogenated alkanes) is 2. The quantitative estimate of drug-likeness (QED) is 0.460. The number of hydrogen-bond donors (Lipinski definition) is 0. The highest BCUT2D eigenvalue weighted by Crippen LogP contribution is 2.11. The first kappa shape index (κ1) is 16.8. The Morgan fingerprint density at radius 2 is 1.87 bits per heavy atom. The van der Waals surface area contributed by atoms with Crippen molar-refractivity contribution in [1.82, 2.24) is 0 Å². The van der Waals surface area contributed by atoms with Gasteiger partial charge in [-0.15, -0.1) is 0 Å². The number of rotatable bonds is 5. The second-order valence-electron chi connectivity index (χ2n) is 5.52. The molecule has 0 aliphatic rings. The molecule has 0 fully saturated rings. The molecule has 2 aromatic rings. The van der Waals surface area contributed by atoms with Gasteiger partial charge in [-0.25, -0.2) is 4.79 Å². The van der Waals surface area contributed by atoms with Gasteiger partial charge in [0.2, 0.25) is 0 Å². The van der Waals surface area contributed by atoms with Crippen LogP contribution in [0.15, 0.2) is 48.5 Å². The fraction of sp³-hybridized carbons (Fsp3) is 0.286. The van der Waals surface area contributed by atoms with Gasteiger partial charge in [-0.3, -0.25) is 0 Å². The van der Waals surface area contributed by atoms with Gasteiger partial charge in [0.05, 0.1) is 12.7 Å². The molecule has 0 atom stereocenters. The molecule has 0 bridgehead atoms. The molecule has 0 aromatic heterocycles. The molecule has 0 aliphatic carbocycles. The van der Waals surface area contributed by atoms with Crippen LogP contribution in [0.3, 0.4) is 0 Å². The largest absolute Gasteiger partial charge is 0.465 e. The monoisotopic (exact) mass is 306 g/mol. The minimum Gasteiger partial charge on any atom is -0.465 e. The summed E-state index contributed by atoms with van der Waals surface area (Å²) in [5, 5.41) is 0. The lowest BCUT2D eigenvalue weighted by atomic mass is 10.0. The third-order valence-electron chi connectivity index (χ3n) is 3.73. The standard InChI is InChI=1S/C21H22O2/c1-17-16-20(21(22)23-2)15-14-19(17)13-9-4-3-6-10-18-11-7-5-8-12-18/h5,7-8,11-12,14-16H,3-4,6,10H2,1-2H3. The molecule has 2 nitrogen and oxygen atoms in total. The predicted molar refractivity (Wildman–Crippen MR) is 93.4 cm³/mol. The van der Waals surface area contributed by atoms with Crippen LogP contribution in [0.25, 0.3) is 0 Å². The lowest BCUT2D eigenvalue weighted by Gasteiger charge is -2.02. The van der Waals surface area contributed by atoms with E-state index in [1.807, 2.05) is 25.1 Å². The molecule has 0 heterocycles. The van der Waals surface area contributed by atoms with E-state index in [2.05, 4.69) is 36.1 Å². The van der Waals surface area contributed by atoms with E-state index in [1.165, 1.54) is 12.7 Å². The third kappa shape index (κ3) is 5.30. The second-order valence-corrected chi connectivity index (χ2v) is 5.52. The maximum absolute atomic E-state index is 11.5. The van der Waals surface area contributed by atoms with E-state index < -0.39 is 0 Å². The van der Waals surface area contributed by atoms with E-state index in [9.17, 15) is 4.79 Å². The Hall–Kier alpha value is -2.53. The Labute approximate surface area is 138 Å². The van der Waals surface area contributed by atoms with Gasteiger partial charge in [0.25, 0.3) is 0 Å². The average Bonchev–Trinajstić information content (AvgIpc) is 2.59. The van der Waals surface area contributed by atoms with E-state index in [0.717, 1.165) is 36.8 Å². The zero-order valence-electron chi connectivity index (χ0n) is 13.8. The van der Waals surface area contributed by atoms with Gasteiger partial charge in [0, 0.05) is 12.0 Å². The summed E-state index contributed by atoms with van der Waals surface area (Å²) in [5.74, 6) is 6.11. The van der Waals surface area contributed by atoms with Crippen LogP contribution in [0, 0.1) is 18.8 Å². The first-order valence-corrected chi connectivity index (χ1v) is 7.92. The number of carbonyl (C=O) groups is 1. The van der Waals surface area contributed by atoms with Crippen LogP contribution in [0.5, 0.6) is 0 Å². The minimum atomic E-state index is -0.312. The fourth-order valence-corrected chi connectivity index (χ4v) is 2.39. The van der Waals surface area contributed by atoms with Gasteiger partial charge in [0.1, 0.15) is 0 Å². The highest BCUT2D eigenvalue weighted by molar-refractivity contribution is 5.89. The summed E-state index contributed by atoms with van der Waals surface area (Å²) in [6, 6.07) is 16.0. The topological polar surface area (TPSA) is 26.3 Å². The fourth-order valence-electron chi connectivity index (χ4n) is 2.39. The Morgan fingerprint density at radius 3 is 2.57 bits per heavy atom. The summed E-state index contributed by atoms with van der Waals surface area (Å²) in [5.41, 5.74) is 3.93. The molecule has 23 heavy (non-hydrogen) atoms. The van der Waals surface area contributed by atoms with Crippen molar-refractivity contribution in [3.63, 3.8) is 0 Å². The molecule has 0 amide bonds. The number of carbonyl (C=O) groups excluding carboxylic acids is 1. The van der Waals surface area contributed by atoms with Crippen molar-refractivity contribution in [3.8, 4) is 11.8 Å². The summed E-state index contributed by atoms with van der Waals surface area (Å²) in [6.07, 6.45) is 4.25. The van der Waals surface area contributed by atoms with Crippen molar-refractivity contribution in [2.24, 2.45) is 0 Å². The van der Waals surface area contributed by atoms with Gasteiger partial charge in [-0.2, -0.15) is 0 Å². The lowest BCUT2D eigenvalue weighted by Crippen LogP contribution is -2.01. The highest BCUT2D eigenvalue weighted by Gasteiger charge is 2.06. The highest BCUT2D eigenvalue weighted by atomic mass is 16.5. The summed E-state index contributed by atoms with van der Waals surface area (Å²) in [7, 11) is 1.39. The number of hydrogen-bond acceptors (Lipinski definition) is 2. The van der Waals surface area contributed by atoms with Crippen molar-refractivity contribution in [3.05, 3.63) is 70.8 Å². The molecule has 118 valence electrons. The smallest absolute Gasteiger partial charge is 0.337 e. The molecular weight excluding hydrogens is 284 g/mol. The Balaban J connectivity index is 1.81. The molecular formula is C21H22O2. The van der Waals surface area contributed by atoms with Crippen LogP contribution >= 0.6 is 0 Å². The van der Waals surface area contributed by atoms with Crippen LogP contribution in [0.4, 0.5) is 0 Å². The van der Waals surface area contributed by atoms with Gasteiger partial charge in [-0.1, -0.05) is 42.2 Å². The normalized spacial score (nSPS) is 9.83.